The summed E-state index contributed by atoms with van der Waals surface area (Å²) in [6, 6.07) is 8.46. The van der Waals surface area contributed by atoms with Crippen LogP contribution in [0.4, 0.5) is 0 Å². The summed E-state index contributed by atoms with van der Waals surface area (Å²) in [7, 11) is 1.67. The van der Waals surface area contributed by atoms with Gasteiger partial charge in [-0.1, -0.05) is 12.1 Å². The molecule has 0 aromatic heterocycles. The third kappa shape index (κ3) is 3.36. The molecule has 0 aliphatic rings. The second-order valence-electron chi connectivity index (χ2n) is 3.71. The van der Waals surface area contributed by atoms with Crippen LogP contribution < -0.4 is 5.73 Å². The quantitative estimate of drug-likeness (QED) is 0.462. The number of nitrogens with two attached hydrogens (primary N) is 1. The van der Waals surface area contributed by atoms with Crippen molar-refractivity contribution in [3.63, 3.8) is 0 Å². The summed E-state index contributed by atoms with van der Waals surface area (Å²) < 4.78 is 1.82. The van der Waals surface area contributed by atoms with Crippen molar-refractivity contribution in [2.24, 2.45) is 5.73 Å². The average Bonchev–Trinajstić information content (AvgIpc) is 2.26. The fraction of sp³-hybridized carbons (Fsp3) is 0.417. The van der Waals surface area contributed by atoms with Crippen molar-refractivity contribution >= 4 is 6.21 Å². The van der Waals surface area contributed by atoms with Crippen LogP contribution in [0, 0.1) is 0 Å². The molecule has 1 aromatic rings. The van der Waals surface area contributed by atoms with E-state index in [2.05, 4.69) is 13.8 Å². The summed E-state index contributed by atoms with van der Waals surface area (Å²) in [4.78, 5) is 5.23. The van der Waals surface area contributed by atoms with Gasteiger partial charge in [-0.2, -0.15) is 0 Å². The lowest BCUT2D eigenvalue weighted by Gasteiger charge is -2.02. The number of nitrogens with zero attached hydrogens (tertiary/aromatic N) is 1. The Morgan fingerprint density at radius 2 is 1.93 bits per heavy atom. The van der Waals surface area contributed by atoms with Gasteiger partial charge >= 0.3 is 0 Å². The minimum absolute atomic E-state index is 0.323. The van der Waals surface area contributed by atoms with E-state index < -0.39 is 0 Å². The molecular formula is C12H19N2O+. The molecule has 3 nitrogen and oxygen atoms in total. The first kappa shape index (κ1) is 11.7. The molecule has 0 atom stereocenters. The smallest absolute Gasteiger partial charge is 0.223 e. The molecule has 1 rings (SSSR count). The third-order valence-electron chi connectivity index (χ3n) is 2.21. The molecule has 2 N–H and O–H groups in total. The van der Waals surface area contributed by atoms with E-state index in [1.807, 2.05) is 35.2 Å². The molecule has 0 unspecified atom stereocenters. The first-order chi connectivity index (χ1) is 7.17. The molecule has 0 amide bonds. The van der Waals surface area contributed by atoms with Crippen LogP contribution in [0.2, 0.25) is 0 Å². The van der Waals surface area contributed by atoms with Gasteiger partial charge in [0.25, 0.3) is 0 Å². The van der Waals surface area contributed by atoms with Crippen LogP contribution >= 0.6 is 0 Å². The largest absolute Gasteiger partial charge is 0.326 e. The number of hydrogen-bond acceptors (Lipinski definition) is 2. The fourth-order valence-electron chi connectivity index (χ4n) is 1.30. The maximum absolute atomic E-state index is 5.53. The summed E-state index contributed by atoms with van der Waals surface area (Å²) in [5.74, 6) is 0. The number of benzene rings is 1. The molecule has 0 aliphatic heterocycles. The minimum atomic E-state index is 0.323. The Labute approximate surface area is 91.1 Å². The molecule has 0 fully saturated rings. The van der Waals surface area contributed by atoms with Gasteiger partial charge in [-0.05, 0) is 22.4 Å². The molecule has 3 heteroatoms. The van der Waals surface area contributed by atoms with Gasteiger partial charge in [-0.15, -0.1) is 0 Å². The van der Waals surface area contributed by atoms with Gasteiger partial charge in [-0.25, -0.2) is 0 Å². The van der Waals surface area contributed by atoms with Crippen molar-refractivity contribution in [1.29, 1.82) is 0 Å². The first-order valence-electron chi connectivity index (χ1n) is 5.13. The highest BCUT2D eigenvalue weighted by Gasteiger charge is 2.09. The van der Waals surface area contributed by atoms with Crippen LogP contribution in [0.15, 0.2) is 24.3 Å². The predicted octanol–water partition coefficient (Wildman–Crippen LogP) is 1.55. The maximum Gasteiger partial charge on any atom is 0.223 e. The van der Waals surface area contributed by atoms with Gasteiger partial charge < -0.3 is 5.73 Å². The summed E-state index contributed by atoms with van der Waals surface area (Å²) in [5.41, 5.74) is 7.78. The highest BCUT2D eigenvalue weighted by Crippen LogP contribution is 2.02. The van der Waals surface area contributed by atoms with E-state index in [0.717, 1.165) is 11.1 Å². The first-order valence-corrected chi connectivity index (χ1v) is 5.13. The summed E-state index contributed by atoms with van der Waals surface area (Å²) in [6.07, 6.45) is 1.98. The van der Waals surface area contributed by atoms with Gasteiger partial charge in [-0.3, -0.25) is 4.84 Å². The highest BCUT2D eigenvalue weighted by molar-refractivity contribution is 5.75. The van der Waals surface area contributed by atoms with Gasteiger partial charge in [0.05, 0.1) is 0 Å². The van der Waals surface area contributed by atoms with Crippen molar-refractivity contribution in [2.45, 2.75) is 26.4 Å². The van der Waals surface area contributed by atoms with Crippen LogP contribution in [0.1, 0.15) is 25.0 Å². The van der Waals surface area contributed by atoms with E-state index in [1.165, 1.54) is 0 Å². The zero-order valence-electron chi connectivity index (χ0n) is 9.60. The van der Waals surface area contributed by atoms with Crippen molar-refractivity contribution < 1.29 is 9.58 Å². The Hall–Kier alpha value is -1.35. The van der Waals surface area contributed by atoms with Crippen LogP contribution in [-0.4, -0.2) is 24.1 Å². The van der Waals surface area contributed by atoms with E-state index >= 15 is 0 Å². The molecule has 15 heavy (non-hydrogen) atoms. The monoisotopic (exact) mass is 207 g/mol. The van der Waals surface area contributed by atoms with Gasteiger partial charge in [0.1, 0.15) is 7.11 Å². The van der Waals surface area contributed by atoms with Gasteiger partial charge in [0, 0.05) is 26.0 Å². The lowest BCUT2D eigenvalue weighted by molar-refractivity contribution is -0.796. The van der Waals surface area contributed by atoms with Crippen molar-refractivity contribution in [2.75, 3.05) is 7.11 Å². The summed E-state index contributed by atoms with van der Waals surface area (Å²) >= 11 is 0. The standard InChI is InChI=1S/C12H19N2O/c1-10(2)14(15-3)9-12-6-4-11(8-13)5-7-12/h4-7,9-10H,8,13H2,1-3H3/q+1/b14-9+. The van der Waals surface area contributed by atoms with E-state index in [4.69, 9.17) is 10.6 Å². The minimum Gasteiger partial charge on any atom is -0.326 e. The maximum atomic E-state index is 5.53. The van der Waals surface area contributed by atoms with Crippen LogP contribution in [0.25, 0.3) is 0 Å². The molecule has 0 bridgehead atoms. The molecular weight excluding hydrogens is 188 g/mol. The van der Waals surface area contributed by atoms with E-state index in [1.54, 1.807) is 7.11 Å². The molecule has 82 valence electrons. The van der Waals surface area contributed by atoms with Crippen molar-refractivity contribution in [3.8, 4) is 0 Å². The molecule has 0 heterocycles. The Kier molecular flexibility index (Phi) is 4.31. The normalized spacial score (nSPS) is 11.9. The average molecular weight is 207 g/mol. The molecule has 0 aliphatic carbocycles. The second kappa shape index (κ2) is 5.51. The zero-order chi connectivity index (χ0) is 11.3. The zero-order valence-corrected chi connectivity index (χ0v) is 9.60. The topological polar surface area (TPSA) is 38.3 Å². The van der Waals surface area contributed by atoms with Gasteiger partial charge in [0.2, 0.25) is 6.21 Å². The van der Waals surface area contributed by atoms with Crippen LogP contribution in [0.3, 0.4) is 0 Å². The van der Waals surface area contributed by atoms with Crippen LogP contribution in [0.5, 0.6) is 0 Å². The highest BCUT2D eigenvalue weighted by atomic mass is 16.7. The van der Waals surface area contributed by atoms with Crippen molar-refractivity contribution in [1.82, 2.24) is 0 Å². The van der Waals surface area contributed by atoms with Crippen LogP contribution in [-0.2, 0) is 11.4 Å². The number of hydroxylamine groups is 1. The fourth-order valence-corrected chi connectivity index (χ4v) is 1.30. The predicted molar refractivity (Wildman–Crippen MR) is 61.9 cm³/mol. The Bertz CT molecular complexity index is 328. The SMILES string of the molecule is CO/[N+](=C/c1ccc(CN)cc1)C(C)C. The van der Waals surface area contributed by atoms with E-state index in [9.17, 15) is 0 Å². The molecule has 1 aromatic carbocycles. The Morgan fingerprint density at radius 1 is 1.33 bits per heavy atom. The molecule has 0 spiro atoms. The molecule has 0 saturated heterocycles. The van der Waals surface area contributed by atoms with Gasteiger partial charge in [0.15, 0.2) is 6.04 Å². The molecule has 0 radical (unpaired) electrons. The number of rotatable bonds is 4. The summed E-state index contributed by atoms with van der Waals surface area (Å²) in [5, 5.41) is 0. The van der Waals surface area contributed by atoms with Crippen molar-refractivity contribution in [3.05, 3.63) is 35.4 Å². The third-order valence-corrected chi connectivity index (χ3v) is 2.21. The molecule has 0 saturated carbocycles. The second-order valence-corrected chi connectivity index (χ2v) is 3.71. The Balaban J connectivity index is 2.87. The van der Waals surface area contributed by atoms with E-state index in [0.29, 0.717) is 12.6 Å². The lowest BCUT2D eigenvalue weighted by atomic mass is 10.1. The Morgan fingerprint density at radius 3 is 2.33 bits per heavy atom. The van der Waals surface area contributed by atoms with E-state index in [-0.39, 0.29) is 0 Å². The summed E-state index contributed by atoms with van der Waals surface area (Å²) in [6.45, 7) is 4.74. The lowest BCUT2D eigenvalue weighted by Crippen LogP contribution is -2.20. The number of hydrogen-bond donors (Lipinski definition) is 1.